The Hall–Kier alpha value is -1.89. The van der Waals surface area contributed by atoms with Crippen LogP contribution in [0.15, 0.2) is 0 Å². The minimum atomic E-state index is -1.12. The van der Waals surface area contributed by atoms with Crippen molar-refractivity contribution in [2.24, 2.45) is 0 Å². The second-order valence-corrected chi connectivity index (χ2v) is 5.71. The molecule has 2 rings (SSSR count). The molecule has 1 aromatic heterocycles. The van der Waals surface area contributed by atoms with E-state index in [-0.39, 0.29) is 11.6 Å². The standard InChI is InChI=1S/C13H19N3O4/c1-8-9(12(18)19)14-16-7-6-15(11(17)10(8)16)5-4-13(2,3)20/h20H,4-7H2,1-3H3,(H,18,19). The van der Waals surface area contributed by atoms with E-state index in [9.17, 15) is 14.7 Å². The average molecular weight is 281 g/mol. The first-order chi connectivity index (χ1) is 9.20. The second-order valence-electron chi connectivity index (χ2n) is 5.71. The maximum atomic E-state index is 12.4. The zero-order valence-corrected chi connectivity index (χ0v) is 11.9. The fourth-order valence-electron chi connectivity index (χ4n) is 2.28. The number of carboxylic acids is 1. The normalized spacial score (nSPS) is 15.4. The Morgan fingerprint density at radius 1 is 1.40 bits per heavy atom. The van der Waals surface area contributed by atoms with Crippen molar-refractivity contribution >= 4 is 11.9 Å². The lowest BCUT2D eigenvalue weighted by molar-refractivity contribution is 0.0466. The number of fused-ring (bicyclic) bond motifs is 1. The van der Waals surface area contributed by atoms with Gasteiger partial charge in [0.1, 0.15) is 5.69 Å². The van der Waals surface area contributed by atoms with Crippen LogP contribution in [0.1, 0.15) is 46.8 Å². The molecule has 0 atom stereocenters. The maximum Gasteiger partial charge on any atom is 0.356 e. The predicted molar refractivity (Wildman–Crippen MR) is 70.7 cm³/mol. The summed E-state index contributed by atoms with van der Waals surface area (Å²) < 4.78 is 1.46. The Labute approximate surface area is 116 Å². The maximum absolute atomic E-state index is 12.4. The number of carboxylic acid groups (broad SMARTS) is 1. The molecule has 1 aromatic rings. The van der Waals surface area contributed by atoms with Crippen LogP contribution < -0.4 is 0 Å². The molecule has 0 saturated carbocycles. The lowest BCUT2D eigenvalue weighted by atomic mass is 10.0. The van der Waals surface area contributed by atoms with Crippen molar-refractivity contribution in [3.8, 4) is 0 Å². The van der Waals surface area contributed by atoms with Crippen LogP contribution in [0.4, 0.5) is 0 Å². The Morgan fingerprint density at radius 3 is 2.60 bits per heavy atom. The van der Waals surface area contributed by atoms with Gasteiger partial charge in [0.25, 0.3) is 5.91 Å². The van der Waals surface area contributed by atoms with Gasteiger partial charge < -0.3 is 15.1 Å². The summed E-state index contributed by atoms with van der Waals surface area (Å²) in [6, 6.07) is 0. The van der Waals surface area contributed by atoms with Crippen molar-refractivity contribution in [2.75, 3.05) is 13.1 Å². The van der Waals surface area contributed by atoms with Crippen LogP contribution in [0, 0.1) is 6.92 Å². The molecule has 0 bridgehead atoms. The molecule has 0 saturated heterocycles. The van der Waals surface area contributed by atoms with Gasteiger partial charge in [0, 0.05) is 18.7 Å². The van der Waals surface area contributed by atoms with Crippen LogP contribution in [0.2, 0.25) is 0 Å². The molecular weight excluding hydrogens is 262 g/mol. The Bertz CT molecular complexity index is 557. The van der Waals surface area contributed by atoms with Gasteiger partial charge in [-0.2, -0.15) is 5.10 Å². The van der Waals surface area contributed by atoms with Crippen molar-refractivity contribution in [3.63, 3.8) is 0 Å². The second kappa shape index (κ2) is 4.90. The van der Waals surface area contributed by atoms with Crippen molar-refractivity contribution in [1.82, 2.24) is 14.7 Å². The minimum absolute atomic E-state index is 0.0716. The third kappa shape index (κ3) is 2.67. The minimum Gasteiger partial charge on any atom is -0.476 e. The number of rotatable bonds is 4. The van der Waals surface area contributed by atoms with Gasteiger partial charge in [0.05, 0.1) is 12.1 Å². The Kier molecular flexibility index (Phi) is 3.56. The topological polar surface area (TPSA) is 95.7 Å². The molecule has 0 aliphatic carbocycles. The molecular formula is C13H19N3O4. The van der Waals surface area contributed by atoms with E-state index < -0.39 is 11.6 Å². The lowest BCUT2D eigenvalue weighted by Gasteiger charge is -2.30. The van der Waals surface area contributed by atoms with Gasteiger partial charge in [-0.15, -0.1) is 0 Å². The predicted octanol–water partition coefficient (Wildman–Crippen LogP) is 0.507. The fourth-order valence-corrected chi connectivity index (χ4v) is 2.28. The highest BCUT2D eigenvalue weighted by molar-refractivity contribution is 5.98. The number of hydrogen-bond acceptors (Lipinski definition) is 4. The lowest BCUT2D eigenvalue weighted by Crippen LogP contribution is -2.42. The van der Waals surface area contributed by atoms with Gasteiger partial charge in [0.15, 0.2) is 5.69 Å². The van der Waals surface area contributed by atoms with E-state index in [0.717, 1.165) is 0 Å². The molecule has 2 heterocycles. The summed E-state index contributed by atoms with van der Waals surface area (Å²) in [5.74, 6) is -1.35. The number of hydrogen-bond donors (Lipinski definition) is 2. The molecule has 1 aliphatic rings. The first-order valence-corrected chi connectivity index (χ1v) is 6.53. The van der Waals surface area contributed by atoms with E-state index in [1.54, 1.807) is 25.7 Å². The third-order valence-corrected chi connectivity index (χ3v) is 3.46. The number of carbonyl (C=O) groups is 2. The van der Waals surface area contributed by atoms with Crippen molar-refractivity contribution in [1.29, 1.82) is 0 Å². The third-order valence-electron chi connectivity index (χ3n) is 3.46. The molecule has 0 fully saturated rings. The molecule has 7 heteroatoms. The fraction of sp³-hybridized carbons (Fsp3) is 0.615. The van der Waals surface area contributed by atoms with Crippen molar-refractivity contribution in [2.45, 2.75) is 39.3 Å². The average Bonchev–Trinajstić information content (AvgIpc) is 2.65. The van der Waals surface area contributed by atoms with Gasteiger partial charge in [0.2, 0.25) is 0 Å². The van der Waals surface area contributed by atoms with Crippen LogP contribution >= 0.6 is 0 Å². The molecule has 1 aliphatic heterocycles. The summed E-state index contributed by atoms with van der Waals surface area (Å²) in [6.45, 7) is 6.37. The van der Waals surface area contributed by atoms with E-state index >= 15 is 0 Å². The molecule has 110 valence electrons. The van der Waals surface area contributed by atoms with Gasteiger partial charge in [-0.25, -0.2) is 4.79 Å². The van der Waals surface area contributed by atoms with Gasteiger partial charge in [-0.1, -0.05) is 0 Å². The van der Waals surface area contributed by atoms with Crippen LogP contribution in [0.25, 0.3) is 0 Å². The number of aliphatic hydroxyl groups is 1. The summed E-state index contributed by atoms with van der Waals surface area (Å²) >= 11 is 0. The van der Waals surface area contributed by atoms with Gasteiger partial charge in [-0.3, -0.25) is 9.48 Å². The molecule has 20 heavy (non-hydrogen) atoms. The quantitative estimate of drug-likeness (QED) is 0.838. The van der Waals surface area contributed by atoms with Crippen molar-refractivity contribution < 1.29 is 19.8 Å². The number of amides is 1. The van der Waals surface area contributed by atoms with Crippen molar-refractivity contribution in [3.05, 3.63) is 17.0 Å². The van der Waals surface area contributed by atoms with E-state index in [2.05, 4.69) is 5.10 Å². The zero-order valence-electron chi connectivity index (χ0n) is 11.9. The molecule has 0 aromatic carbocycles. The highest BCUT2D eigenvalue weighted by atomic mass is 16.4. The molecule has 0 unspecified atom stereocenters. The summed E-state index contributed by atoms with van der Waals surface area (Å²) in [4.78, 5) is 25.1. The van der Waals surface area contributed by atoms with Crippen LogP contribution in [0.5, 0.6) is 0 Å². The first-order valence-electron chi connectivity index (χ1n) is 6.53. The zero-order chi connectivity index (χ0) is 15.1. The monoisotopic (exact) mass is 281 g/mol. The largest absolute Gasteiger partial charge is 0.476 e. The summed E-state index contributed by atoms with van der Waals surface area (Å²) in [6.07, 6.45) is 0.470. The van der Waals surface area contributed by atoms with E-state index in [0.29, 0.717) is 37.3 Å². The first kappa shape index (κ1) is 14.5. The van der Waals surface area contributed by atoms with Crippen LogP contribution in [-0.4, -0.2) is 55.5 Å². The van der Waals surface area contributed by atoms with Crippen LogP contribution in [0.3, 0.4) is 0 Å². The number of carbonyl (C=O) groups excluding carboxylic acids is 1. The molecule has 1 amide bonds. The number of aromatic nitrogens is 2. The highest BCUT2D eigenvalue weighted by Crippen LogP contribution is 2.20. The number of nitrogens with zero attached hydrogens (tertiary/aromatic N) is 3. The SMILES string of the molecule is Cc1c(C(=O)O)nn2c1C(=O)N(CCC(C)(C)O)CC2. The van der Waals surface area contributed by atoms with E-state index in [4.69, 9.17) is 5.11 Å². The van der Waals surface area contributed by atoms with E-state index in [1.807, 2.05) is 0 Å². The summed E-state index contributed by atoms with van der Waals surface area (Å²) in [5, 5.41) is 22.7. The van der Waals surface area contributed by atoms with Gasteiger partial charge >= 0.3 is 5.97 Å². The van der Waals surface area contributed by atoms with Crippen LogP contribution in [-0.2, 0) is 6.54 Å². The smallest absolute Gasteiger partial charge is 0.356 e. The summed E-state index contributed by atoms with van der Waals surface area (Å²) in [7, 11) is 0. The molecule has 2 N–H and O–H groups in total. The van der Waals surface area contributed by atoms with E-state index in [1.165, 1.54) is 4.68 Å². The Balaban J connectivity index is 2.23. The van der Waals surface area contributed by atoms with Gasteiger partial charge in [-0.05, 0) is 27.2 Å². The summed E-state index contributed by atoms with van der Waals surface area (Å²) in [5.41, 5.74) is -0.170. The Morgan fingerprint density at radius 2 is 2.05 bits per heavy atom. The molecule has 0 radical (unpaired) electrons. The highest BCUT2D eigenvalue weighted by Gasteiger charge is 2.31. The molecule has 0 spiro atoms. The number of aromatic carboxylic acids is 1. The molecule has 7 nitrogen and oxygen atoms in total.